The molecule has 1 saturated carbocycles. The third kappa shape index (κ3) is 2.03. The molecular weight excluding hydrogens is 298 g/mol. The Kier molecular flexibility index (Phi) is 3.18. The Morgan fingerprint density at radius 1 is 1.23 bits per heavy atom. The van der Waals surface area contributed by atoms with Crippen LogP contribution in [-0.4, -0.2) is 34.5 Å². The van der Waals surface area contributed by atoms with Gasteiger partial charge in [0.2, 0.25) is 0 Å². The van der Waals surface area contributed by atoms with Gasteiger partial charge >= 0.3 is 5.97 Å². The van der Waals surface area contributed by atoms with E-state index in [0.717, 1.165) is 29.3 Å². The third-order valence-electron chi connectivity index (χ3n) is 5.10. The van der Waals surface area contributed by atoms with Gasteiger partial charge in [0.1, 0.15) is 6.04 Å². The highest BCUT2D eigenvalue weighted by atomic mass is 32.1. The van der Waals surface area contributed by atoms with Gasteiger partial charge in [-0.3, -0.25) is 4.79 Å². The van der Waals surface area contributed by atoms with Crippen LogP contribution in [0.3, 0.4) is 0 Å². The Balaban J connectivity index is 1.67. The minimum Gasteiger partial charge on any atom is -0.480 e. The summed E-state index contributed by atoms with van der Waals surface area (Å²) in [4.78, 5) is 26.1. The lowest BCUT2D eigenvalue weighted by atomic mass is 9.94. The molecule has 2 fully saturated rings. The summed E-state index contributed by atoms with van der Waals surface area (Å²) in [5, 5.41) is 12.6. The maximum absolute atomic E-state index is 12.8. The summed E-state index contributed by atoms with van der Waals surface area (Å²) >= 11 is 1.64. The second-order valence-corrected chi connectivity index (χ2v) is 7.22. The minimum atomic E-state index is -0.862. The lowest BCUT2D eigenvalue weighted by Crippen LogP contribution is -2.43. The molecule has 0 radical (unpaired) electrons. The average molecular weight is 315 g/mol. The zero-order chi connectivity index (χ0) is 15.3. The summed E-state index contributed by atoms with van der Waals surface area (Å²) in [6.45, 7) is 0.585. The molecule has 1 aliphatic carbocycles. The van der Waals surface area contributed by atoms with Gasteiger partial charge in [0.05, 0.1) is 0 Å². The maximum atomic E-state index is 12.8. The van der Waals surface area contributed by atoms with Crippen LogP contribution in [0.4, 0.5) is 0 Å². The fraction of sp³-hybridized carbons (Fsp3) is 0.412. The van der Waals surface area contributed by atoms with Gasteiger partial charge in [-0.05, 0) is 59.7 Å². The van der Waals surface area contributed by atoms with Crippen molar-refractivity contribution in [1.29, 1.82) is 0 Å². The monoisotopic (exact) mass is 315 g/mol. The lowest BCUT2D eigenvalue weighted by molar-refractivity contribution is -0.142. The number of nitrogens with zero attached hydrogens (tertiary/aromatic N) is 1. The van der Waals surface area contributed by atoms with Crippen LogP contribution in [0.5, 0.6) is 0 Å². The molecule has 22 heavy (non-hydrogen) atoms. The molecule has 1 amide bonds. The molecule has 114 valence electrons. The number of benzene rings is 1. The number of carboxylic acid groups (broad SMARTS) is 1. The number of hydrogen-bond donors (Lipinski definition) is 1. The van der Waals surface area contributed by atoms with Gasteiger partial charge in [-0.1, -0.05) is 6.42 Å². The summed E-state index contributed by atoms with van der Waals surface area (Å²) in [5.74, 6) is -0.518. The smallest absolute Gasteiger partial charge is 0.326 e. The first-order valence-electron chi connectivity index (χ1n) is 7.66. The zero-order valence-corrected chi connectivity index (χ0v) is 12.9. The number of carbonyl (C=O) groups excluding carboxylic acids is 1. The number of carboxylic acids is 1. The Hall–Kier alpha value is -1.88. The molecule has 0 bridgehead atoms. The number of aliphatic carboxylic acids is 1. The molecule has 1 N–H and O–H groups in total. The van der Waals surface area contributed by atoms with Gasteiger partial charge in [-0.15, -0.1) is 11.3 Å². The Morgan fingerprint density at radius 2 is 2.09 bits per heavy atom. The van der Waals surface area contributed by atoms with E-state index in [1.165, 1.54) is 0 Å². The van der Waals surface area contributed by atoms with Crippen molar-refractivity contribution in [2.45, 2.75) is 25.3 Å². The number of fused-ring (bicyclic) bond motifs is 2. The summed E-state index contributed by atoms with van der Waals surface area (Å²) in [5.41, 5.74) is 0.595. The standard InChI is InChI=1S/C17H17NO3S/c19-16(11-4-5-14-10(8-11)6-7-22-14)18-9-12-2-1-3-13(12)15(18)17(20)21/h4-8,12-13,15H,1-3,9H2,(H,20,21)/t12-,13-,15+/m1/s1. The van der Waals surface area contributed by atoms with Crippen LogP contribution in [0.1, 0.15) is 29.6 Å². The molecular formula is C17H17NO3S. The molecule has 0 unspecified atom stereocenters. The van der Waals surface area contributed by atoms with Crippen LogP contribution < -0.4 is 0 Å². The van der Waals surface area contributed by atoms with Gasteiger partial charge in [-0.25, -0.2) is 4.79 Å². The van der Waals surface area contributed by atoms with Crippen molar-refractivity contribution >= 4 is 33.3 Å². The van der Waals surface area contributed by atoms with Crippen molar-refractivity contribution in [3.8, 4) is 0 Å². The van der Waals surface area contributed by atoms with Crippen molar-refractivity contribution in [1.82, 2.24) is 4.90 Å². The van der Waals surface area contributed by atoms with Gasteiger partial charge in [-0.2, -0.15) is 0 Å². The van der Waals surface area contributed by atoms with E-state index in [1.54, 1.807) is 16.2 Å². The fourth-order valence-corrected chi connectivity index (χ4v) is 4.87. The molecule has 1 saturated heterocycles. The topological polar surface area (TPSA) is 57.6 Å². The van der Waals surface area contributed by atoms with E-state index < -0.39 is 12.0 Å². The zero-order valence-electron chi connectivity index (χ0n) is 12.1. The molecule has 4 nitrogen and oxygen atoms in total. The van der Waals surface area contributed by atoms with Gasteiger partial charge in [0.15, 0.2) is 0 Å². The van der Waals surface area contributed by atoms with Gasteiger partial charge in [0.25, 0.3) is 5.91 Å². The molecule has 2 aromatic rings. The molecule has 0 spiro atoms. The van der Waals surface area contributed by atoms with Crippen molar-refractivity contribution in [2.24, 2.45) is 11.8 Å². The van der Waals surface area contributed by atoms with Crippen molar-refractivity contribution in [3.63, 3.8) is 0 Å². The molecule has 3 atom stereocenters. The first-order chi connectivity index (χ1) is 10.6. The quantitative estimate of drug-likeness (QED) is 0.925. The molecule has 1 aliphatic heterocycles. The Labute approximate surface area is 132 Å². The van der Waals surface area contributed by atoms with Crippen molar-refractivity contribution in [3.05, 3.63) is 35.2 Å². The van der Waals surface area contributed by atoms with Crippen molar-refractivity contribution in [2.75, 3.05) is 6.54 Å². The highest BCUT2D eigenvalue weighted by molar-refractivity contribution is 7.17. The lowest BCUT2D eigenvalue weighted by Gasteiger charge is -2.24. The molecule has 4 rings (SSSR count). The van der Waals surface area contributed by atoms with Crippen LogP contribution in [0.2, 0.25) is 0 Å². The van der Waals surface area contributed by atoms with Crippen LogP contribution in [-0.2, 0) is 4.79 Å². The number of likely N-dealkylation sites (tertiary alicyclic amines) is 1. The third-order valence-corrected chi connectivity index (χ3v) is 6.00. The molecule has 2 aliphatic rings. The van der Waals surface area contributed by atoms with E-state index in [4.69, 9.17) is 0 Å². The summed E-state index contributed by atoms with van der Waals surface area (Å²) < 4.78 is 1.14. The number of carbonyl (C=O) groups is 2. The maximum Gasteiger partial charge on any atom is 0.326 e. The minimum absolute atomic E-state index is 0.131. The Morgan fingerprint density at radius 3 is 2.91 bits per heavy atom. The van der Waals surface area contributed by atoms with E-state index in [1.807, 2.05) is 29.6 Å². The Bertz CT molecular complexity index is 753. The van der Waals surface area contributed by atoms with E-state index in [-0.39, 0.29) is 11.8 Å². The normalized spacial score (nSPS) is 27.3. The number of rotatable bonds is 2. The molecule has 2 heterocycles. The van der Waals surface area contributed by atoms with E-state index in [0.29, 0.717) is 18.0 Å². The summed E-state index contributed by atoms with van der Waals surface area (Å²) in [6.07, 6.45) is 3.05. The fourth-order valence-electron chi connectivity index (χ4n) is 4.10. The van der Waals surface area contributed by atoms with Crippen LogP contribution in [0.15, 0.2) is 29.6 Å². The second kappa shape index (κ2) is 5.09. The highest BCUT2D eigenvalue weighted by Crippen LogP contribution is 2.42. The first kappa shape index (κ1) is 13.8. The van der Waals surface area contributed by atoms with Crippen LogP contribution in [0, 0.1) is 11.8 Å². The van der Waals surface area contributed by atoms with Crippen molar-refractivity contribution < 1.29 is 14.7 Å². The van der Waals surface area contributed by atoms with E-state index in [9.17, 15) is 14.7 Å². The van der Waals surface area contributed by atoms with Crippen LogP contribution >= 0.6 is 11.3 Å². The van der Waals surface area contributed by atoms with E-state index >= 15 is 0 Å². The number of hydrogen-bond acceptors (Lipinski definition) is 3. The molecule has 5 heteroatoms. The largest absolute Gasteiger partial charge is 0.480 e. The van der Waals surface area contributed by atoms with Gasteiger partial charge < -0.3 is 10.0 Å². The summed E-state index contributed by atoms with van der Waals surface area (Å²) in [7, 11) is 0. The molecule has 1 aromatic heterocycles. The first-order valence-corrected chi connectivity index (χ1v) is 8.54. The van der Waals surface area contributed by atoms with Gasteiger partial charge in [0, 0.05) is 16.8 Å². The second-order valence-electron chi connectivity index (χ2n) is 6.27. The average Bonchev–Trinajstić information content (AvgIpc) is 3.19. The SMILES string of the molecule is O=C(O)[C@@H]1[C@@H]2CCC[C@@H]2CN1C(=O)c1ccc2sccc2c1. The predicted octanol–water partition coefficient (Wildman–Crippen LogP) is 3.23. The predicted molar refractivity (Wildman–Crippen MR) is 85.1 cm³/mol. The summed E-state index contributed by atoms with van der Waals surface area (Å²) in [6, 6.07) is 6.97. The molecule has 1 aromatic carbocycles. The number of thiophene rings is 1. The van der Waals surface area contributed by atoms with Crippen LogP contribution in [0.25, 0.3) is 10.1 Å². The van der Waals surface area contributed by atoms with E-state index in [2.05, 4.69) is 0 Å². The highest BCUT2D eigenvalue weighted by Gasteiger charge is 2.49. The number of amides is 1.